The van der Waals surface area contributed by atoms with E-state index in [1.165, 1.54) is 30.6 Å². The summed E-state index contributed by atoms with van der Waals surface area (Å²) in [7, 11) is 3.16. The van der Waals surface area contributed by atoms with Gasteiger partial charge in [0.15, 0.2) is 5.58 Å². The molecule has 0 saturated carbocycles. The first-order valence-corrected chi connectivity index (χ1v) is 10.9. The highest BCUT2D eigenvalue weighted by Gasteiger charge is 2.23. The Morgan fingerprint density at radius 2 is 1.77 bits per heavy atom. The number of ether oxygens (including phenoxy) is 2. The van der Waals surface area contributed by atoms with Crippen molar-refractivity contribution in [2.75, 3.05) is 27.3 Å². The van der Waals surface area contributed by atoms with Crippen LogP contribution in [0.5, 0.6) is 17.2 Å². The predicted octanol–water partition coefficient (Wildman–Crippen LogP) is 3.45. The van der Waals surface area contributed by atoms with Crippen LogP contribution in [-0.2, 0) is 6.54 Å². The lowest BCUT2D eigenvalue weighted by Crippen LogP contribution is -3.10. The summed E-state index contributed by atoms with van der Waals surface area (Å²) in [5.74, 6) is 1.38. The lowest BCUT2D eigenvalue weighted by atomic mass is 9.97. The SMILES string of the molecule is COc1ccc(OC)c(-c2c(C)c3ccc(O)c(C[NH+]4CCCCCC4)c3oc2=O)c1. The number of nitrogens with one attached hydrogen (secondary N) is 1. The Morgan fingerprint density at radius 1 is 1.03 bits per heavy atom. The second kappa shape index (κ2) is 9.02. The minimum absolute atomic E-state index is 0.179. The molecule has 2 aromatic carbocycles. The Morgan fingerprint density at radius 3 is 2.45 bits per heavy atom. The molecule has 164 valence electrons. The van der Waals surface area contributed by atoms with E-state index in [1.54, 1.807) is 38.5 Å². The van der Waals surface area contributed by atoms with Crippen LogP contribution in [0.4, 0.5) is 0 Å². The zero-order chi connectivity index (χ0) is 22.0. The Balaban J connectivity index is 1.87. The number of fused-ring (bicyclic) bond motifs is 1. The molecule has 0 aliphatic carbocycles. The minimum atomic E-state index is -0.450. The Labute approximate surface area is 182 Å². The monoisotopic (exact) mass is 424 g/mol. The molecule has 31 heavy (non-hydrogen) atoms. The summed E-state index contributed by atoms with van der Waals surface area (Å²) in [5, 5.41) is 11.4. The van der Waals surface area contributed by atoms with Crippen LogP contribution in [0.2, 0.25) is 0 Å². The van der Waals surface area contributed by atoms with Crippen LogP contribution in [-0.4, -0.2) is 32.4 Å². The molecular weight excluding hydrogens is 394 g/mol. The predicted molar refractivity (Wildman–Crippen MR) is 120 cm³/mol. The summed E-state index contributed by atoms with van der Waals surface area (Å²) in [6.07, 6.45) is 4.88. The highest BCUT2D eigenvalue weighted by Crippen LogP contribution is 2.37. The molecule has 1 aliphatic rings. The number of benzene rings is 2. The summed E-state index contributed by atoms with van der Waals surface area (Å²) >= 11 is 0. The number of quaternary nitrogens is 1. The summed E-state index contributed by atoms with van der Waals surface area (Å²) < 4.78 is 16.7. The van der Waals surface area contributed by atoms with Gasteiger partial charge in [0.25, 0.3) is 0 Å². The van der Waals surface area contributed by atoms with E-state index in [0.717, 1.165) is 24.0 Å². The molecular formula is C25H30NO5+. The van der Waals surface area contributed by atoms with Crippen LogP contribution in [0.25, 0.3) is 22.1 Å². The van der Waals surface area contributed by atoms with E-state index in [0.29, 0.717) is 40.3 Å². The molecule has 0 radical (unpaired) electrons. The third-order valence-electron chi connectivity index (χ3n) is 6.33. The van der Waals surface area contributed by atoms with Crippen LogP contribution < -0.4 is 20.0 Å². The number of hydrogen-bond acceptors (Lipinski definition) is 5. The highest BCUT2D eigenvalue weighted by molar-refractivity contribution is 5.90. The normalized spacial score (nSPS) is 15.1. The number of aromatic hydroxyl groups is 1. The van der Waals surface area contributed by atoms with E-state index in [4.69, 9.17) is 13.9 Å². The first-order chi connectivity index (χ1) is 15.0. The van der Waals surface area contributed by atoms with Crippen molar-refractivity contribution in [3.05, 3.63) is 51.9 Å². The molecule has 3 aromatic rings. The third kappa shape index (κ3) is 4.12. The van der Waals surface area contributed by atoms with Crippen molar-refractivity contribution in [2.45, 2.75) is 39.2 Å². The van der Waals surface area contributed by atoms with Crippen LogP contribution >= 0.6 is 0 Å². The average molecular weight is 425 g/mol. The van der Waals surface area contributed by atoms with E-state index in [-0.39, 0.29) is 5.75 Å². The summed E-state index contributed by atoms with van der Waals surface area (Å²) in [6.45, 7) is 4.69. The number of methoxy groups -OCH3 is 2. The number of rotatable bonds is 5. The van der Waals surface area contributed by atoms with Crippen molar-refractivity contribution < 1.29 is 23.9 Å². The van der Waals surface area contributed by atoms with E-state index >= 15 is 0 Å². The van der Waals surface area contributed by atoms with Gasteiger partial charge in [0.05, 0.1) is 38.4 Å². The minimum Gasteiger partial charge on any atom is -0.507 e. The van der Waals surface area contributed by atoms with Gasteiger partial charge in [-0.2, -0.15) is 0 Å². The van der Waals surface area contributed by atoms with Crippen LogP contribution in [0.1, 0.15) is 36.8 Å². The van der Waals surface area contributed by atoms with Gasteiger partial charge < -0.3 is 23.9 Å². The zero-order valence-electron chi connectivity index (χ0n) is 18.4. The first-order valence-electron chi connectivity index (χ1n) is 10.9. The fourth-order valence-corrected chi connectivity index (χ4v) is 4.61. The molecule has 1 saturated heterocycles. The van der Waals surface area contributed by atoms with Crippen molar-refractivity contribution in [1.82, 2.24) is 0 Å². The molecule has 1 aromatic heterocycles. The Bertz CT molecular complexity index is 1140. The molecule has 6 nitrogen and oxygen atoms in total. The van der Waals surface area contributed by atoms with Gasteiger partial charge in [0.1, 0.15) is 23.8 Å². The lowest BCUT2D eigenvalue weighted by molar-refractivity contribution is -0.913. The maximum Gasteiger partial charge on any atom is 0.344 e. The smallest absolute Gasteiger partial charge is 0.344 e. The lowest BCUT2D eigenvalue weighted by Gasteiger charge is -2.19. The molecule has 0 bridgehead atoms. The fraction of sp³-hybridized carbons (Fsp3) is 0.400. The van der Waals surface area contributed by atoms with Gasteiger partial charge >= 0.3 is 5.63 Å². The van der Waals surface area contributed by atoms with Crippen LogP contribution in [0.3, 0.4) is 0 Å². The van der Waals surface area contributed by atoms with Crippen molar-refractivity contribution in [1.29, 1.82) is 0 Å². The molecule has 0 spiro atoms. The van der Waals surface area contributed by atoms with E-state index in [9.17, 15) is 9.90 Å². The number of likely N-dealkylation sites (tertiary alicyclic amines) is 1. The number of hydrogen-bond donors (Lipinski definition) is 2. The van der Waals surface area contributed by atoms with Gasteiger partial charge in [-0.25, -0.2) is 4.79 Å². The molecule has 0 atom stereocenters. The number of aryl methyl sites for hydroxylation is 1. The molecule has 1 fully saturated rings. The average Bonchev–Trinajstić information content (AvgIpc) is 3.04. The van der Waals surface area contributed by atoms with E-state index in [1.807, 2.05) is 13.0 Å². The largest absolute Gasteiger partial charge is 0.507 e. The second-order valence-electron chi connectivity index (χ2n) is 8.24. The standard InChI is InChI=1S/C25H29NO5/c1-16-18-9-10-21(27)20(15-26-12-6-4-5-7-13-26)24(18)31-25(28)23(16)19-14-17(29-2)8-11-22(19)30-3/h8-11,14,27H,4-7,12-13,15H2,1-3H3/p+1. The topological polar surface area (TPSA) is 73.3 Å². The van der Waals surface area contributed by atoms with Crippen LogP contribution in [0, 0.1) is 6.92 Å². The van der Waals surface area contributed by atoms with Gasteiger partial charge in [0, 0.05) is 10.9 Å². The molecule has 2 heterocycles. The molecule has 4 rings (SSSR count). The molecule has 1 aliphatic heterocycles. The Kier molecular flexibility index (Phi) is 6.18. The number of phenols is 1. The van der Waals surface area contributed by atoms with Gasteiger partial charge in [-0.1, -0.05) is 0 Å². The van der Waals surface area contributed by atoms with Crippen LogP contribution in [0.15, 0.2) is 39.5 Å². The van der Waals surface area contributed by atoms with Gasteiger partial charge in [-0.3, -0.25) is 0 Å². The van der Waals surface area contributed by atoms with E-state index < -0.39 is 5.63 Å². The van der Waals surface area contributed by atoms with Crippen molar-refractivity contribution in [3.8, 4) is 28.4 Å². The quantitative estimate of drug-likeness (QED) is 0.614. The maximum absolute atomic E-state index is 13.2. The molecule has 0 unspecified atom stereocenters. The summed E-state index contributed by atoms with van der Waals surface area (Å²) in [4.78, 5) is 14.6. The van der Waals surface area contributed by atoms with Gasteiger partial charge in [-0.05, 0) is 68.5 Å². The number of phenolic OH excluding ortho intramolecular Hbond substituents is 1. The fourth-order valence-electron chi connectivity index (χ4n) is 4.61. The van der Waals surface area contributed by atoms with Crippen molar-refractivity contribution in [3.63, 3.8) is 0 Å². The molecule has 2 N–H and O–H groups in total. The molecule has 0 amide bonds. The zero-order valence-corrected chi connectivity index (χ0v) is 18.4. The molecule has 6 heteroatoms. The van der Waals surface area contributed by atoms with Gasteiger partial charge in [-0.15, -0.1) is 0 Å². The Hall–Kier alpha value is -2.99. The highest BCUT2D eigenvalue weighted by atomic mass is 16.5. The third-order valence-corrected chi connectivity index (χ3v) is 6.33. The van der Waals surface area contributed by atoms with Gasteiger partial charge in [0.2, 0.25) is 0 Å². The van der Waals surface area contributed by atoms with Crippen molar-refractivity contribution >= 4 is 11.0 Å². The van der Waals surface area contributed by atoms with Crippen molar-refractivity contribution in [2.24, 2.45) is 0 Å². The second-order valence-corrected chi connectivity index (χ2v) is 8.24. The summed E-state index contributed by atoms with van der Waals surface area (Å²) in [6, 6.07) is 8.88. The van der Waals surface area contributed by atoms with E-state index in [2.05, 4.69) is 0 Å². The first kappa shape index (κ1) is 21.2. The maximum atomic E-state index is 13.2. The summed E-state index contributed by atoms with van der Waals surface area (Å²) in [5.41, 5.74) is 2.60.